The Kier molecular flexibility index (Phi) is 9.08. The summed E-state index contributed by atoms with van der Waals surface area (Å²) in [5, 5.41) is 7.16. The summed E-state index contributed by atoms with van der Waals surface area (Å²) in [4.78, 5) is 39.1. The number of esters is 1. The van der Waals surface area contributed by atoms with Gasteiger partial charge in [0.05, 0.1) is 18.4 Å². The van der Waals surface area contributed by atoms with E-state index in [1.165, 1.54) is 29.7 Å². The molecular formula is C29H30FN3O5S. The average Bonchev–Trinajstić information content (AvgIpc) is 3.26. The van der Waals surface area contributed by atoms with Crippen LogP contribution in [0.4, 0.5) is 9.39 Å². The van der Waals surface area contributed by atoms with Gasteiger partial charge in [0.25, 0.3) is 11.8 Å². The molecule has 1 aromatic heterocycles. The normalized spacial score (nSPS) is 15.3. The summed E-state index contributed by atoms with van der Waals surface area (Å²) >= 11 is 1.43. The van der Waals surface area contributed by atoms with Crippen molar-refractivity contribution in [3.63, 3.8) is 0 Å². The zero-order valence-corrected chi connectivity index (χ0v) is 22.8. The molecule has 8 nitrogen and oxygen atoms in total. The Morgan fingerprint density at radius 1 is 1.18 bits per heavy atom. The Hall–Kier alpha value is -4.05. The van der Waals surface area contributed by atoms with Crippen LogP contribution in [0.3, 0.4) is 0 Å². The van der Waals surface area contributed by atoms with Gasteiger partial charge in [0.2, 0.25) is 0 Å². The third kappa shape index (κ3) is 6.88. The molecule has 2 N–H and O–H groups in total. The number of hydrogen-bond acceptors (Lipinski definition) is 7. The lowest BCUT2D eigenvalue weighted by Gasteiger charge is -2.18. The van der Waals surface area contributed by atoms with Gasteiger partial charge in [-0.05, 0) is 74.9 Å². The van der Waals surface area contributed by atoms with Crippen molar-refractivity contribution >= 4 is 40.3 Å². The first-order chi connectivity index (χ1) is 18.8. The quantitative estimate of drug-likeness (QED) is 0.212. The molecule has 3 aromatic rings. The van der Waals surface area contributed by atoms with Crippen LogP contribution >= 0.6 is 11.3 Å². The van der Waals surface area contributed by atoms with Gasteiger partial charge in [-0.1, -0.05) is 25.1 Å². The molecule has 2 atom stereocenters. The average molecular weight is 552 g/mol. The van der Waals surface area contributed by atoms with Crippen LogP contribution < -0.4 is 15.5 Å². The first-order valence-electron chi connectivity index (χ1n) is 12.7. The maximum absolute atomic E-state index is 13.6. The van der Waals surface area contributed by atoms with E-state index in [0.29, 0.717) is 27.8 Å². The molecule has 0 fully saturated rings. The van der Waals surface area contributed by atoms with E-state index in [0.717, 1.165) is 29.7 Å². The smallest absolute Gasteiger partial charge is 0.341 e. The molecule has 0 bridgehead atoms. The van der Waals surface area contributed by atoms with Crippen LogP contribution in [0.1, 0.15) is 63.9 Å². The topological polar surface area (TPSA) is 106 Å². The van der Waals surface area contributed by atoms with Crippen LogP contribution in [0.15, 0.2) is 53.6 Å². The van der Waals surface area contributed by atoms with E-state index in [2.05, 4.69) is 22.8 Å². The summed E-state index contributed by atoms with van der Waals surface area (Å²) in [6.07, 6.45) is 2.96. The predicted octanol–water partition coefficient (Wildman–Crippen LogP) is 5.36. The van der Waals surface area contributed by atoms with Gasteiger partial charge in [-0.3, -0.25) is 9.59 Å². The molecule has 2 aromatic carbocycles. The van der Waals surface area contributed by atoms with Gasteiger partial charge in [0.15, 0.2) is 6.10 Å². The number of carbonyl (C=O) groups is 3. The number of carbonyl (C=O) groups excluding carboxylic acids is 3. The first-order valence-corrected chi connectivity index (χ1v) is 13.6. The van der Waals surface area contributed by atoms with Crippen molar-refractivity contribution in [3.05, 3.63) is 81.5 Å². The minimum absolute atomic E-state index is 0.242. The number of amides is 2. The number of ether oxygens (including phenoxy) is 2. The lowest BCUT2D eigenvalue weighted by atomic mass is 9.88. The maximum atomic E-state index is 13.6. The molecule has 0 spiro atoms. The third-order valence-corrected chi connectivity index (χ3v) is 7.47. The molecule has 10 heteroatoms. The number of thiophene rings is 1. The molecule has 0 saturated carbocycles. The van der Waals surface area contributed by atoms with Crippen LogP contribution in [-0.2, 0) is 22.4 Å². The van der Waals surface area contributed by atoms with Gasteiger partial charge in [0, 0.05) is 16.0 Å². The maximum Gasteiger partial charge on any atom is 0.341 e. The van der Waals surface area contributed by atoms with Gasteiger partial charge in [0.1, 0.15) is 16.6 Å². The molecule has 0 saturated heterocycles. The van der Waals surface area contributed by atoms with E-state index in [4.69, 9.17) is 9.47 Å². The number of anilines is 1. The van der Waals surface area contributed by atoms with Crippen LogP contribution in [-0.4, -0.2) is 36.7 Å². The van der Waals surface area contributed by atoms with Crippen LogP contribution in [0.25, 0.3) is 0 Å². The zero-order valence-electron chi connectivity index (χ0n) is 22.0. The molecular weight excluding hydrogens is 521 g/mol. The summed E-state index contributed by atoms with van der Waals surface area (Å²) in [6, 6.07) is 12.4. The highest BCUT2D eigenvalue weighted by Gasteiger charge is 2.29. The molecule has 0 aliphatic heterocycles. The molecule has 204 valence electrons. The van der Waals surface area contributed by atoms with Crippen molar-refractivity contribution in [2.24, 2.45) is 11.0 Å². The van der Waals surface area contributed by atoms with Crippen molar-refractivity contribution in [3.8, 4) is 5.75 Å². The van der Waals surface area contributed by atoms with E-state index in [1.807, 2.05) is 0 Å². The predicted molar refractivity (Wildman–Crippen MR) is 148 cm³/mol. The number of rotatable bonds is 9. The first kappa shape index (κ1) is 28.0. The van der Waals surface area contributed by atoms with Gasteiger partial charge in [-0.15, -0.1) is 11.3 Å². The molecule has 39 heavy (non-hydrogen) atoms. The Bertz CT molecular complexity index is 1390. The Morgan fingerprint density at radius 3 is 2.64 bits per heavy atom. The number of hydrazone groups is 1. The Balaban J connectivity index is 1.38. The summed E-state index contributed by atoms with van der Waals surface area (Å²) in [5.74, 6) is -0.868. The largest absolute Gasteiger partial charge is 0.481 e. The minimum Gasteiger partial charge on any atom is -0.481 e. The highest BCUT2D eigenvalue weighted by Crippen LogP contribution is 2.40. The van der Waals surface area contributed by atoms with Crippen molar-refractivity contribution < 1.29 is 28.2 Å². The summed E-state index contributed by atoms with van der Waals surface area (Å²) < 4.78 is 24.6. The van der Waals surface area contributed by atoms with Gasteiger partial charge < -0.3 is 14.8 Å². The van der Waals surface area contributed by atoms with E-state index in [1.54, 1.807) is 50.2 Å². The fourth-order valence-corrected chi connectivity index (χ4v) is 5.61. The molecule has 1 aliphatic carbocycles. The minimum atomic E-state index is -0.894. The third-order valence-electron chi connectivity index (χ3n) is 6.30. The Labute approximate surface area is 230 Å². The molecule has 1 heterocycles. The second kappa shape index (κ2) is 12.7. The number of hydrogen-bond donors (Lipinski definition) is 2. The van der Waals surface area contributed by atoms with Crippen LogP contribution in [0.2, 0.25) is 0 Å². The zero-order chi connectivity index (χ0) is 27.9. The number of halogens is 1. The van der Waals surface area contributed by atoms with Crippen molar-refractivity contribution in [2.45, 2.75) is 46.1 Å². The van der Waals surface area contributed by atoms with Gasteiger partial charge in [-0.2, -0.15) is 5.10 Å². The van der Waals surface area contributed by atoms with E-state index < -0.39 is 23.8 Å². The number of fused-ring (bicyclic) bond motifs is 1. The van der Waals surface area contributed by atoms with Crippen LogP contribution in [0.5, 0.6) is 5.75 Å². The van der Waals surface area contributed by atoms with Crippen molar-refractivity contribution in [1.82, 2.24) is 5.43 Å². The van der Waals surface area contributed by atoms with Crippen molar-refractivity contribution in [1.29, 1.82) is 0 Å². The molecule has 0 radical (unpaired) electrons. The molecule has 1 aliphatic rings. The number of nitrogens with zero attached hydrogens (tertiary/aromatic N) is 1. The number of benzene rings is 2. The SMILES string of the molecule is CCOC(=O)c1c(NC(=O)c2ccc(O[C@@H](C)C(=O)N/N=C\c3ccccc3F)cc2)sc2c1CC[C@@H](C)C2. The van der Waals surface area contributed by atoms with Gasteiger partial charge >= 0.3 is 5.97 Å². The Morgan fingerprint density at radius 2 is 1.92 bits per heavy atom. The number of nitrogens with one attached hydrogen (secondary N) is 2. The standard InChI is InChI=1S/C29H30FN3O5S/c1-4-37-29(36)25-22-14-9-17(2)15-24(22)39-28(25)32-27(35)19-10-12-21(13-11-19)38-18(3)26(34)33-31-16-20-7-5-6-8-23(20)30/h5-8,10-13,16-18H,4,9,14-15H2,1-3H3,(H,32,35)(H,33,34)/b31-16-/t17-,18+/m1/s1. The van der Waals surface area contributed by atoms with E-state index in [-0.39, 0.29) is 18.1 Å². The lowest BCUT2D eigenvalue weighted by molar-refractivity contribution is -0.127. The van der Waals surface area contributed by atoms with Crippen LogP contribution in [0, 0.1) is 11.7 Å². The fraction of sp³-hybridized carbons (Fsp3) is 0.310. The fourth-order valence-electron chi connectivity index (χ4n) is 4.21. The highest BCUT2D eigenvalue weighted by atomic mass is 32.1. The highest BCUT2D eigenvalue weighted by molar-refractivity contribution is 7.17. The molecule has 4 rings (SSSR count). The summed E-state index contributed by atoms with van der Waals surface area (Å²) in [6.45, 7) is 5.73. The lowest BCUT2D eigenvalue weighted by Crippen LogP contribution is -2.33. The van der Waals surface area contributed by atoms with E-state index in [9.17, 15) is 18.8 Å². The molecule has 0 unspecified atom stereocenters. The monoisotopic (exact) mass is 551 g/mol. The van der Waals surface area contributed by atoms with Gasteiger partial charge in [-0.25, -0.2) is 14.6 Å². The summed E-state index contributed by atoms with van der Waals surface area (Å²) in [7, 11) is 0. The van der Waals surface area contributed by atoms with E-state index >= 15 is 0 Å². The van der Waals surface area contributed by atoms with Crippen molar-refractivity contribution in [2.75, 3.05) is 11.9 Å². The molecule has 2 amide bonds. The second-order valence-electron chi connectivity index (χ2n) is 9.27. The summed E-state index contributed by atoms with van der Waals surface area (Å²) in [5.41, 5.74) is 4.35. The second-order valence-corrected chi connectivity index (χ2v) is 10.4.